The molecule has 0 radical (unpaired) electrons. The molecular weight excluding hydrogens is 314 g/mol. The lowest BCUT2D eigenvalue weighted by Gasteiger charge is -2.24. The summed E-state index contributed by atoms with van der Waals surface area (Å²) in [4.78, 5) is 13.3. The number of ether oxygens (including phenoxy) is 1. The van der Waals surface area contributed by atoms with Gasteiger partial charge in [-0.2, -0.15) is 0 Å². The molecule has 0 aliphatic carbocycles. The van der Waals surface area contributed by atoms with Crippen molar-refractivity contribution in [3.05, 3.63) is 0 Å². The molecule has 0 aromatic heterocycles. The van der Waals surface area contributed by atoms with Gasteiger partial charge in [-0.3, -0.25) is 0 Å². The van der Waals surface area contributed by atoms with E-state index in [9.17, 15) is 4.79 Å². The van der Waals surface area contributed by atoms with E-state index in [2.05, 4.69) is 31.9 Å². The summed E-state index contributed by atoms with van der Waals surface area (Å²) in [6.45, 7) is 6.98. The van der Waals surface area contributed by atoms with Crippen LogP contribution in [0.15, 0.2) is 0 Å². The minimum Gasteiger partial charge on any atom is -0.444 e. The average Bonchev–Trinajstić information content (AvgIpc) is 2.26. The summed E-state index contributed by atoms with van der Waals surface area (Å²) in [6.07, 6.45) is 0.657. The van der Waals surface area contributed by atoms with Gasteiger partial charge in [-0.15, -0.1) is 0 Å². The Morgan fingerprint density at radius 3 is 2.36 bits per heavy atom. The van der Waals surface area contributed by atoms with Crippen LogP contribution in [0.25, 0.3) is 0 Å². The first kappa shape index (κ1) is 12.3. The zero-order valence-electron chi connectivity index (χ0n) is 8.64. The van der Waals surface area contributed by atoms with E-state index in [1.165, 1.54) is 0 Å². The maximum atomic E-state index is 11.6. The van der Waals surface area contributed by atoms with Gasteiger partial charge in [0.1, 0.15) is 5.60 Å². The highest BCUT2D eigenvalue weighted by Gasteiger charge is 2.37. The molecule has 0 saturated carbocycles. The summed E-state index contributed by atoms with van der Waals surface area (Å²) < 4.78 is 5.13. The van der Waals surface area contributed by atoms with Crippen LogP contribution < -0.4 is 0 Å². The van der Waals surface area contributed by atoms with Gasteiger partial charge in [0.25, 0.3) is 0 Å². The Balaban J connectivity index is 2.48. The van der Waals surface area contributed by atoms with Gasteiger partial charge >= 0.3 is 6.09 Å². The van der Waals surface area contributed by atoms with Crippen LogP contribution in [0.3, 0.4) is 0 Å². The molecule has 0 N–H and O–H groups in total. The number of likely N-dealkylation sites (tertiary alicyclic amines) is 1. The summed E-state index contributed by atoms with van der Waals surface area (Å²) >= 11 is 7.00. The van der Waals surface area contributed by atoms with Gasteiger partial charge in [-0.25, -0.2) is 4.79 Å². The zero-order chi connectivity index (χ0) is 11.0. The molecule has 0 bridgehead atoms. The lowest BCUT2D eigenvalue weighted by atomic mass is 10.2. The maximum Gasteiger partial charge on any atom is 0.410 e. The van der Waals surface area contributed by atoms with E-state index < -0.39 is 5.60 Å². The van der Waals surface area contributed by atoms with Crippen LogP contribution in [0.5, 0.6) is 0 Å². The predicted molar refractivity (Wildman–Crippen MR) is 63.0 cm³/mol. The molecule has 14 heavy (non-hydrogen) atoms. The van der Waals surface area contributed by atoms with Crippen molar-refractivity contribution in [2.45, 2.75) is 36.0 Å². The van der Waals surface area contributed by atoms with Crippen molar-refractivity contribution in [3.8, 4) is 0 Å². The molecule has 0 aromatic carbocycles. The second-order valence-corrected chi connectivity index (χ2v) is 8.61. The first-order valence-electron chi connectivity index (χ1n) is 4.55. The fraction of sp³-hybridized carbons (Fsp3) is 0.889. The third-order valence-corrected chi connectivity index (χ3v) is 3.12. The molecule has 1 heterocycles. The number of amides is 1. The number of nitrogens with zero attached hydrogens (tertiary/aromatic N) is 1. The lowest BCUT2D eigenvalue weighted by Crippen LogP contribution is -2.36. The highest BCUT2D eigenvalue weighted by molar-refractivity contribution is 9.25. The molecule has 82 valence electrons. The van der Waals surface area contributed by atoms with Crippen molar-refractivity contribution in [3.63, 3.8) is 0 Å². The SMILES string of the molecule is CC(C)(C)OC(=O)N1CCC(Br)(Br)C1. The summed E-state index contributed by atoms with van der Waals surface area (Å²) in [5.74, 6) is 0. The van der Waals surface area contributed by atoms with Gasteiger partial charge < -0.3 is 9.64 Å². The largest absolute Gasteiger partial charge is 0.444 e. The van der Waals surface area contributed by atoms with Crippen molar-refractivity contribution in [2.24, 2.45) is 0 Å². The number of carbonyl (C=O) groups excluding carboxylic acids is 1. The van der Waals surface area contributed by atoms with E-state index >= 15 is 0 Å². The van der Waals surface area contributed by atoms with Crippen LogP contribution in [-0.4, -0.2) is 32.9 Å². The molecule has 0 atom stereocenters. The Bertz CT molecular complexity index is 235. The number of carbonyl (C=O) groups is 1. The van der Waals surface area contributed by atoms with Crippen molar-refractivity contribution in [2.75, 3.05) is 13.1 Å². The molecule has 0 spiro atoms. The molecule has 1 saturated heterocycles. The Kier molecular flexibility index (Phi) is 3.52. The van der Waals surface area contributed by atoms with E-state index in [1.807, 2.05) is 20.8 Å². The van der Waals surface area contributed by atoms with E-state index in [0.717, 1.165) is 13.0 Å². The third-order valence-electron chi connectivity index (χ3n) is 1.82. The Hall–Kier alpha value is 0.230. The van der Waals surface area contributed by atoms with E-state index in [0.29, 0.717) is 6.54 Å². The van der Waals surface area contributed by atoms with Gasteiger partial charge in [0, 0.05) is 13.1 Å². The minimum atomic E-state index is -0.416. The van der Waals surface area contributed by atoms with E-state index in [-0.39, 0.29) is 9.33 Å². The monoisotopic (exact) mass is 327 g/mol. The second-order valence-electron chi connectivity index (χ2n) is 4.51. The molecule has 0 unspecified atom stereocenters. The summed E-state index contributed by atoms with van der Waals surface area (Å²) in [5.41, 5.74) is -0.416. The molecule has 3 nitrogen and oxygen atoms in total. The summed E-state index contributed by atoms with van der Waals surface area (Å²) in [5, 5.41) is 0. The van der Waals surface area contributed by atoms with Gasteiger partial charge in [0.2, 0.25) is 0 Å². The van der Waals surface area contributed by atoms with Crippen LogP contribution in [0.2, 0.25) is 0 Å². The van der Waals surface area contributed by atoms with Crippen molar-refractivity contribution in [1.82, 2.24) is 4.90 Å². The first-order valence-corrected chi connectivity index (χ1v) is 6.14. The minimum absolute atomic E-state index is 0.128. The van der Waals surface area contributed by atoms with Gasteiger partial charge in [0.05, 0.1) is 3.23 Å². The standard InChI is InChI=1S/C9H15Br2NO2/c1-8(2,3)14-7(13)12-5-4-9(10,11)6-12/h4-6H2,1-3H3. The van der Waals surface area contributed by atoms with Gasteiger partial charge in [-0.05, 0) is 27.2 Å². The third kappa shape index (κ3) is 3.77. The highest BCUT2D eigenvalue weighted by Crippen LogP contribution is 2.36. The Morgan fingerprint density at radius 2 is 2.00 bits per heavy atom. The lowest BCUT2D eigenvalue weighted by molar-refractivity contribution is 0.0295. The fourth-order valence-corrected chi connectivity index (χ4v) is 2.18. The Labute approximate surface area is 101 Å². The quantitative estimate of drug-likeness (QED) is 0.639. The van der Waals surface area contributed by atoms with Crippen molar-refractivity contribution < 1.29 is 9.53 Å². The van der Waals surface area contributed by atoms with Crippen LogP contribution in [0.1, 0.15) is 27.2 Å². The normalized spacial score (nSPS) is 21.1. The van der Waals surface area contributed by atoms with E-state index in [1.54, 1.807) is 4.90 Å². The number of rotatable bonds is 0. The second kappa shape index (κ2) is 4.00. The number of hydrogen-bond donors (Lipinski definition) is 0. The van der Waals surface area contributed by atoms with Crippen molar-refractivity contribution >= 4 is 38.0 Å². The predicted octanol–water partition coefficient (Wildman–Crippen LogP) is 3.11. The molecule has 5 heteroatoms. The van der Waals surface area contributed by atoms with Gasteiger partial charge in [-0.1, -0.05) is 31.9 Å². The molecule has 1 aliphatic heterocycles. The Morgan fingerprint density at radius 1 is 1.43 bits per heavy atom. The summed E-state index contributed by atoms with van der Waals surface area (Å²) in [6, 6.07) is 0. The van der Waals surface area contributed by atoms with Crippen LogP contribution in [-0.2, 0) is 4.74 Å². The highest BCUT2D eigenvalue weighted by atomic mass is 79.9. The van der Waals surface area contributed by atoms with Crippen LogP contribution in [0.4, 0.5) is 4.79 Å². The average molecular weight is 329 g/mol. The molecule has 1 amide bonds. The smallest absolute Gasteiger partial charge is 0.410 e. The fourth-order valence-electron chi connectivity index (χ4n) is 1.22. The van der Waals surface area contributed by atoms with Crippen molar-refractivity contribution in [1.29, 1.82) is 0 Å². The first-order chi connectivity index (χ1) is 6.20. The number of alkyl halides is 2. The van der Waals surface area contributed by atoms with Crippen LogP contribution >= 0.6 is 31.9 Å². The summed E-state index contributed by atoms with van der Waals surface area (Å²) in [7, 11) is 0. The zero-order valence-corrected chi connectivity index (χ0v) is 11.8. The maximum absolute atomic E-state index is 11.6. The van der Waals surface area contributed by atoms with E-state index in [4.69, 9.17) is 4.74 Å². The molecule has 1 rings (SSSR count). The molecule has 1 aliphatic rings. The number of halogens is 2. The topological polar surface area (TPSA) is 29.5 Å². The molecule has 1 fully saturated rings. The van der Waals surface area contributed by atoms with Crippen LogP contribution in [0, 0.1) is 0 Å². The molecule has 0 aromatic rings. The number of hydrogen-bond acceptors (Lipinski definition) is 2. The molecular formula is C9H15Br2NO2. The van der Waals surface area contributed by atoms with Gasteiger partial charge in [0.15, 0.2) is 0 Å².